The van der Waals surface area contributed by atoms with E-state index in [1.54, 1.807) is 6.92 Å². The second-order valence-corrected chi connectivity index (χ2v) is 9.60. The van der Waals surface area contributed by atoms with Crippen molar-refractivity contribution in [3.05, 3.63) is 63.3 Å². The Kier molecular flexibility index (Phi) is 5.93. The van der Waals surface area contributed by atoms with Crippen LogP contribution in [0.2, 0.25) is 5.02 Å². The number of halogens is 4. The van der Waals surface area contributed by atoms with E-state index in [9.17, 15) is 22.8 Å². The van der Waals surface area contributed by atoms with Gasteiger partial charge < -0.3 is 5.73 Å². The molecular formula is C24H24ClF3N2O2. The molecule has 170 valence electrons. The van der Waals surface area contributed by atoms with E-state index in [0.717, 1.165) is 12.1 Å². The van der Waals surface area contributed by atoms with E-state index in [0.29, 0.717) is 16.5 Å². The molecular weight excluding hydrogens is 441 g/mol. The van der Waals surface area contributed by atoms with Gasteiger partial charge in [0.05, 0.1) is 21.7 Å². The van der Waals surface area contributed by atoms with E-state index in [1.807, 2.05) is 20.8 Å². The molecule has 32 heavy (non-hydrogen) atoms. The van der Waals surface area contributed by atoms with Gasteiger partial charge in [-0.2, -0.15) is 13.2 Å². The van der Waals surface area contributed by atoms with Crippen molar-refractivity contribution < 1.29 is 22.8 Å². The van der Waals surface area contributed by atoms with E-state index in [4.69, 9.17) is 17.3 Å². The molecule has 2 aromatic carbocycles. The summed E-state index contributed by atoms with van der Waals surface area (Å²) < 4.78 is 41.0. The third-order valence-corrected chi connectivity index (χ3v) is 5.61. The molecule has 0 aliphatic carbocycles. The molecule has 0 unspecified atom stereocenters. The largest absolute Gasteiger partial charge is 0.416 e. The second-order valence-electron chi connectivity index (χ2n) is 9.23. The Bertz CT molecular complexity index is 1250. The summed E-state index contributed by atoms with van der Waals surface area (Å²) >= 11 is 6.48. The Morgan fingerprint density at radius 2 is 1.69 bits per heavy atom. The minimum atomic E-state index is -4.51. The molecule has 0 saturated heterocycles. The van der Waals surface area contributed by atoms with Crippen molar-refractivity contribution in [2.75, 3.05) is 5.73 Å². The SMILES string of the molecule is Cc1cn(C(=O)c2c(N)ccc(C(=O)CC(C)(C)C)c2Cl)c2c(C)cc(C(F)(F)F)cc12. The van der Waals surface area contributed by atoms with Crippen molar-refractivity contribution in [2.24, 2.45) is 5.41 Å². The Labute approximate surface area is 189 Å². The highest BCUT2D eigenvalue weighted by molar-refractivity contribution is 6.38. The molecule has 8 heteroatoms. The van der Waals surface area contributed by atoms with Gasteiger partial charge in [0.1, 0.15) is 0 Å². The van der Waals surface area contributed by atoms with Crippen molar-refractivity contribution in [1.82, 2.24) is 4.57 Å². The summed E-state index contributed by atoms with van der Waals surface area (Å²) in [5.41, 5.74) is 6.30. The first-order valence-electron chi connectivity index (χ1n) is 9.97. The third-order valence-electron chi connectivity index (χ3n) is 5.21. The number of aromatic nitrogens is 1. The minimum absolute atomic E-state index is 0.0531. The highest BCUT2D eigenvalue weighted by Crippen LogP contribution is 2.36. The van der Waals surface area contributed by atoms with Gasteiger partial charge in [0, 0.05) is 29.3 Å². The van der Waals surface area contributed by atoms with Gasteiger partial charge in [-0.15, -0.1) is 0 Å². The van der Waals surface area contributed by atoms with Gasteiger partial charge in [0.15, 0.2) is 5.78 Å². The second kappa shape index (κ2) is 7.96. The number of carbonyl (C=O) groups excluding carboxylic acids is 2. The molecule has 0 amide bonds. The molecule has 1 heterocycles. The summed E-state index contributed by atoms with van der Waals surface area (Å²) in [5, 5.41) is 0.244. The molecule has 0 bridgehead atoms. The molecule has 0 fully saturated rings. The maximum atomic E-state index is 13.5. The Hall–Kier alpha value is -2.80. The van der Waals surface area contributed by atoms with Crippen LogP contribution in [0.3, 0.4) is 0 Å². The van der Waals surface area contributed by atoms with Crippen molar-refractivity contribution >= 4 is 39.9 Å². The molecule has 1 aromatic heterocycles. The van der Waals surface area contributed by atoms with Gasteiger partial charge in [-0.1, -0.05) is 32.4 Å². The number of nitrogen functional groups attached to an aromatic ring is 1. The van der Waals surface area contributed by atoms with E-state index >= 15 is 0 Å². The number of hydrogen-bond donors (Lipinski definition) is 1. The lowest BCUT2D eigenvalue weighted by atomic mass is 9.87. The monoisotopic (exact) mass is 464 g/mol. The van der Waals surface area contributed by atoms with Crippen LogP contribution in [0.4, 0.5) is 18.9 Å². The summed E-state index contributed by atoms with van der Waals surface area (Å²) in [7, 11) is 0. The van der Waals surface area contributed by atoms with Gasteiger partial charge >= 0.3 is 6.18 Å². The molecule has 0 radical (unpaired) electrons. The fourth-order valence-electron chi connectivity index (χ4n) is 3.77. The quantitative estimate of drug-likeness (QED) is 0.341. The molecule has 0 aliphatic rings. The first-order valence-corrected chi connectivity index (χ1v) is 10.3. The first kappa shape index (κ1) is 23.9. The lowest BCUT2D eigenvalue weighted by Gasteiger charge is -2.18. The Morgan fingerprint density at radius 3 is 2.25 bits per heavy atom. The standard InChI is InChI=1S/C24H24ClF3N2O2/c1-12-8-14(24(26,27)28)9-16-13(2)11-30(21(12)16)22(32)19-17(29)7-6-15(20(19)25)18(31)10-23(3,4)5/h6-9,11H,10,29H2,1-5H3. The molecule has 0 spiro atoms. The predicted molar refractivity (Wildman–Crippen MR) is 120 cm³/mol. The Balaban J connectivity index is 2.18. The Morgan fingerprint density at radius 1 is 1.06 bits per heavy atom. The maximum absolute atomic E-state index is 13.5. The van der Waals surface area contributed by atoms with Crippen molar-refractivity contribution in [2.45, 2.75) is 47.2 Å². The summed E-state index contributed by atoms with van der Waals surface area (Å²) in [5.74, 6) is -0.838. The van der Waals surface area contributed by atoms with Crippen LogP contribution in [0.15, 0.2) is 30.5 Å². The molecule has 0 atom stereocenters. The zero-order valence-corrected chi connectivity index (χ0v) is 19.2. The molecule has 2 N–H and O–H groups in total. The number of anilines is 1. The van der Waals surface area contributed by atoms with Gasteiger partial charge in [-0.25, -0.2) is 0 Å². The number of alkyl halides is 3. The van der Waals surface area contributed by atoms with E-state index in [1.165, 1.54) is 29.8 Å². The molecule has 3 aromatic rings. The van der Waals surface area contributed by atoms with E-state index < -0.39 is 17.6 Å². The average molecular weight is 465 g/mol. The van der Waals surface area contributed by atoms with Gasteiger partial charge in [0.25, 0.3) is 5.91 Å². The first-order chi connectivity index (χ1) is 14.6. The number of carbonyl (C=O) groups is 2. The normalized spacial score (nSPS) is 12.4. The zero-order valence-electron chi connectivity index (χ0n) is 18.4. The number of Topliss-reactive ketones (excluding diaryl/α,β-unsaturated/α-hetero) is 1. The van der Waals surface area contributed by atoms with Crippen LogP contribution >= 0.6 is 11.6 Å². The minimum Gasteiger partial charge on any atom is -0.398 e. The highest BCUT2D eigenvalue weighted by Gasteiger charge is 2.32. The van der Waals surface area contributed by atoms with Crippen LogP contribution in [0, 0.1) is 19.3 Å². The summed E-state index contributed by atoms with van der Waals surface area (Å²) in [6.45, 7) is 8.87. The fraction of sp³-hybridized carbons (Fsp3) is 0.333. The maximum Gasteiger partial charge on any atom is 0.416 e. The van der Waals surface area contributed by atoms with Crippen molar-refractivity contribution in [3.63, 3.8) is 0 Å². The number of aryl methyl sites for hydroxylation is 2. The number of ketones is 1. The van der Waals surface area contributed by atoms with Crippen LogP contribution < -0.4 is 5.73 Å². The number of nitrogens with two attached hydrogens (primary N) is 1. The average Bonchev–Trinajstić information content (AvgIpc) is 2.97. The number of rotatable bonds is 3. The highest BCUT2D eigenvalue weighted by atomic mass is 35.5. The smallest absolute Gasteiger partial charge is 0.398 e. The molecule has 0 aliphatic heterocycles. The van der Waals surface area contributed by atoms with Crippen LogP contribution in [0.25, 0.3) is 10.9 Å². The van der Waals surface area contributed by atoms with Crippen LogP contribution in [-0.2, 0) is 6.18 Å². The van der Waals surface area contributed by atoms with Gasteiger partial charge in [0.2, 0.25) is 0 Å². The zero-order chi connectivity index (χ0) is 24.2. The van der Waals surface area contributed by atoms with E-state index in [2.05, 4.69) is 0 Å². The summed E-state index contributed by atoms with van der Waals surface area (Å²) in [6.07, 6.45) is -2.83. The van der Waals surface area contributed by atoms with Crippen LogP contribution in [0.5, 0.6) is 0 Å². The molecule has 0 saturated carbocycles. The third kappa shape index (κ3) is 4.39. The van der Waals surface area contributed by atoms with Crippen LogP contribution in [-0.4, -0.2) is 16.3 Å². The predicted octanol–water partition coefficient (Wildman–Crippen LogP) is 6.82. The van der Waals surface area contributed by atoms with Crippen molar-refractivity contribution in [3.8, 4) is 0 Å². The summed E-state index contributed by atoms with van der Waals surface area (Å²) in [4.78, 5) is 26.2. The number of hydrogen-bond acceptors (Lipinski definition) is 3. The van der Waals surface area contributed by atoms with E-state index in [-0.39, 0.29) is 45.0 Å². The fourth-order valence-corrected chi connectivity index (χ4v) is 4.13. The topological polar surface area (TPSA) is 65.1 Å². The van der Waals surface area contributed by atoms with Crippen LogP contribution in [0.1, 0.15) is 64.6 Å². The van der Waals surface area contributed by atoms with Gasteiger partial charge in [-0.05, 0) is 54.7 Å². The number of benzene rings is 2. The summed E-state index contributed by atoms with van der Waals surface area (Å²) in [6, 6.07) is 4.96. The number of nitrogens with zero attached hydrogens (tertiary/aromatic N) is 1. The van der Waals surface area contributed by atoms with Crippen molar-refractivity contribution in [1.29, 1.82) is 0 Å². The molecule has 4 nitrogen and oxygen atoms in total. The van der Waals surface area contributed by atoms with Gasteiger partial charge in [-0.3, -0.25) is 14.2 Å². The lowest BCUT2D eigenvalue weighted by Crippen LogP contribution is -2.18. The molecule has 3 rings (SSSR count). The number of fused-ring (bicyclic) bond motifs is 1. The lowest BCUT2D eigenvalue weighted by molar-refractivity contribution is -0.137.